The van der Waals surface area contributed by atoms with Gasteiger partial charge in [-0.25, -0.2) is 13.8 Å². The number of hydrogen-bond acceptors (Lipinski definition) is 4. The van der Waals surface area contributed by atoms with Crippen LogP contribution in [0.25, 0.3) is 16.6 Å². The van der Waals surface area contributed by atoms with E-state index in [9.17, 15) is 23.9 Å². The van der Waals surface area contributed by atoms with Crippen molar-refractivity contribution >= 4 is 28.5 Å². The second kappa shape index (κ2) is 5.36. The molecule has 0 unspecified atom stereocenters. The lowest BCUT2D eigenvalue weighted by Crippen LogP contribution is -2.33. The van der Waals surface area contributed by atoms with Crippen LogP contribution in [0.4, 0.5) is 4.39 Å². The first-order chi connectivity index (χ1) is 10.9. The topological polar surface area (TPSA) is 95.0 Å². The van der Waals surface area contributed by atoms with Gasteiger partial charge in [0.05, 0.1) is 27.6 Å². The van der Waals surface area contributed by atoms with Crippen LogP contribution in [-0.2, 0) is 0 Å². The fourth-order valence-corrected chi connectivity index (χ4v) is 2.38. The number of rotatable bonds is 2. The van der Waals surface area contributed by atoms with E-state index >= 15 is 0 Å². The quantitative estimate of drug-likeness (QED) is 0.751. The predicted octanol–water partition coefficient (Wildman–Crippen LogP) is 0.835. The van der Waals surface area contributed by atoms with Crippen LogP contribution >= 0.6 is 11.6 Å². The van der Waals surface area contributed by atoms with E-state index in [2.05, 4.69) is 4.98 Å². The van der Waals surface area contributed by atoms with Gasteiger partial charge in [0, 0.05) is 0 Å². The van der Waals surface area contributed by atoms with Gasteiger partial charge in [0.1, 0.15) is 5.82 Å². The van der Waals surface area contributed by atoms with Gasteiger partial charge in [-0.2, -0.15) is 0 Å². The standard InChI is InChI=1S/C15H8ClFN2O4/c16-10-6-8(2-4-11(10)17)19-13(20)9-3-1-7(14(21)22)5-12(9)18-15(19)23/h1-6H,(H,18,23)(H,21,22)/p-1. The van der Waals surface area contributed by atoms with E-state index in [0.29, 0.717) is 0 Å². The number of H-pyrrole nitrogens is 1. The van der Waals surface area contributed by atoms with E-state index in [1.165, 1.54) is 18.2 Å². The van der Waals surface area contributed by atoms with Crippen molar-refractivity contribution in [3.05, 3.63) is 73.6 Å². The van der Waals surface area contributed by atoms with Crippen molar-refractivity contribution in [3.63, 3.8) is 0 Å². The van der Waals surface area contributed by atoms with Crippen molar-refractivity contribution in [2.75, 3.05) is 0 Å². The first kappa shape index (κ1) is 15.0. The Balaban J connectivity index is 2.33. The van der Waals surface area contributed by atoms with Gasteiger partial charge in [-0.3, -0.25) is 4.79 Å². The smallest absolute Gasteiger partial charge is 0.333 e. The van der Waals surface area contributed by atoms with Crippen molar-refractivity contribution in [1.82, 2.24) is 9.55 Å². The third-order valence-electron chi connectivity index (χ3n) is 3.29. The van der Waals surface area contributed by atoms with E-state index in [-0.39, 0.29) is 27.2 Å². The lowest BCUT2D eigenvalue weighted by atomic mass is 10.1. The van der Waals surface area contributed by atoms with Crippen molar-refractivity contribution in [2.24, 2.45) is 0 Å². The molecule has 0 aliphatic heterocycles. The Morgan fingerprint density at radius 1 is 1.17 bits per heavy atom. The summed E-state index contributed by atoms with van der Waals surface area (Å²) in [7, 11) is 0. The largest absolute Gasteiger partial charge is 0.545 e. The van der Waals surface area contributed by atoms with E-state index in [4.69, 9.17) is 11.6 Å². The number of carboxylic acids is 1. The number of carbonyl (C=O) groups excluding carboxylic acids is 1. The third kappa shape index (κ3) is 2.51. The summed E-state index contributed by atoms with van der Waals surface area (Å²) < 4.78 is 14.0. The molecule has 1 N–H and O–H groups in total. The number of halogens is 2. The Labute approximate surface area is 132 Å². The number of fused-ring (bicyclic) bond motifs is 1. The van der Waals surface area contributed by atoms with Crippen LogP contribution in [0.3, 0.4) is 0 Å². The number of aromatic amines is 1. The number of nitrogens with zero attached hydrogens (tertiary/aromatic N) is 1. The summed E-state index contributed by atoms with van der Waals surface area (Å²) >= 11 is 5.67. The second-order valence-electron chi connectivity index (χ2n) is 4.72. The zero-order valence-corrected chi connectivity index (χ0v) is 12.1. The average molecular weight is 334 g/mol. The van der Waals surface area contributed by atoms with Crippen LogP contribution in [0.2, 0.25) is 5.02 Å². The Bertz CT molecular complexity index is 1070. The molecular formula is C15H7ClFN2O4-. The maximum Gasteiger partial charge on any atom is 0.333 e. The van der Waals surface area contributed by atoms with Crippen LogP contribution in [0.5, 0.6) is 0 Å². The molecule has 0 spiro atoms. The molecule has 2 aromatic carbocycles. The fraction of sp³-hybridized carbons (Fsp3) is 0. The number of hydrogen-bond donors (Lipinski definition) is 1. The molecule has 3 rings (SSSR count). The number of aromatic nitrogens is 2. The highest BCUT2D eigenvalue weighted by Gasteiger charge is 2.11. The van der Waals surface area contributed by atoms with Gasteiger partial charge in [0.15, 0.2) is 0 Å². The molecule has 0 radical (unpaired) electrons. The van der Waals surface area contributed by atoms with Crippen molar-refractivity contribution in [3.8, 4) is 5.69 Å². The summed E-state index contributed by atoms with van der Waals surface area (Å²) in [6.45, 7) is 0. The minimum absolute atomic E-state index is 0.0613. The lowest BCUT2D eigenvalue weighted by molar-refractivity contribution is -0.255. The highest BCUT2D eigenvalue weighted by Crippen LogP contribution is 2.17. The van der Waals surface area contributed by atoms with Gasteiger partial charge in [-0.15, -0.1) is 0 Å². The van der Waals surface area contributed by atoms with E-state index in [0.717, 1.165) is 22.8 Å². The maximum atomic E-state index is 13.2. The van der Waals surface area contributed by atoms with Gasteiger partial charge in [0.2, 0.25) is 0 Å². The first-order valence-electron chi connectivity index (χ1n) is 6.34. The maximum absolute atomic E-state index is 13.2. The molecule has 1 heterocycles. The molecule has 3 aromatic rings. The Morgan fingerprint density at radius 3 is 2.57 bits per heavy atom. The van der Waals surface area contributed by atoms with Gasteiger partial charge in [0.25, 0.3) is 5.56 Å². The van der Waals surface area contributed by atoms with Crippen molar-refractivity contribution < 1.29 is 14.3 Å². The minimum Gasteiger partial charge on any atom is -0.545 e. The van der Waals surface area contributed by atoms with Gasteiger partial charge in [-0.05, 0) is 35.9 Å². The average Bonchev–Trinajstić information content (AvgIpc) is 2.50. The lowest BCUT2D eigenvalue weighted by Gasteiger charge is -2.08. The zero-order valence-electron chi connectivity index (χ0n) is 11.3. The van der Waals surface area contributed by atoms with E-state index in [1.807, 2.05) is 0 Å². The summed E-state index contributed by atoms with van der Waals surface area (Å²) in [5, 5.41) is 10.7. The second-order valence-corrected chi connectivity index (χ2v) is 5.12. The monoisotopic (exact) mass is 333 g/mol. The molecule has 116 valence electrons. The Morgan fingerprint density at radius 2 is 1.91 bits per heavy atom. The molecular weight excluding hydrogens is 327 g/mol. The highest BCUT2D eigenvalue weighted by atomic mass is 35.5. The SMILES string of the molecule is O=C([O-])c1ccc2c(=O)n(-c3ccc(F)c(Cl)c3)c(=O)[nH]c2c1. The third-order valence-corrected chi connectivity index (χ3v) is 3.58. The number of aromatic carboxylic acids is 1. The molecule has 0 aliphatic rings. The summed E-state index contributed by atoms with van der Waals surface area (Å²) in [4.78, 5) is 37.9. The number of nitrogens with one attached hydrogen (secondary N) is 1. The summed E-state index contributed by atoms with van der Waals surface area (Å²) in [5.41, 5.74) is -1.51. The van der Waals surface area contributed by atoms with Crippen LogP contribution in [0.1, 0.15) is 10.4 Å². The van der Waals surface area contributed by atoms with Crippen LogP contribution in [0.15, 0.2) is 46.0 Å². The number of carbonyl (C=O) groups is 1. The Hall–Kier alpha value is -2.93. The molecule has 0 atom stereocenters. The van der Waals surface area contributed by atoms with Crippen molar-refractivity contribution in [2.45, 2.75) is 0 Å². The molecule has 6 nitrogen and oxygen atoms in total. The van der Waals surface area contributed by atoms with E-state index < -0.39 is 23.0 Å². The van der Waals surface area contributed by atoms with Crippen LogP contribution < -0.4 is 16.4 Å². The summed E-state index contributed by atoms with van der Waals surface area (Å²) in [6.07, 6.45) is 0. The van der Waals surface area contributed by atoms with Gasteiger partial charge < -0.3 is 14.9 Å². The Kier molecular flexibility index (Phi) is 3.49. The minimum atomic E-state index is -1.43. The molecule has 8 heteroatoms. The highest BCUT2D eigenvalue weighted by molar-refractivity contribution is 6.30. The summed E-state index contributed by atoms with van der Waals surface area (Å²) in [5.74, 6) is -2.11. The molecule has 0 aliphatic carbocycles. The molecule has 0 amide bonds. The molecule has 23 heavy (non-hydrogen) atoms. The number of benzene rings is 2. The normalized spacial score (nSPS) is 10.9. The molecule has 0 saturated heterocycles. The summed E-state index contributed by atoms with van der Waals surface area (Å²) in [6, 6.07) is 7.01. The van der Waals surface area contributed by atoms with Gasteiger partial charge >= 0.3 is 5.69 Å². The molecule has 0 saturated carbocycles. The number of carboxylic acid groups (broad SMARTS) is 1. The predicted molar refractivity (Wildman–Crippen MR) is 79.5 cm³/mol. The molecule has 1 aromatic heterocycles. The van der Waals surface area contributed by atoms with Crippen LogP contribution in [-0.4, -0.2) is 15.5 Å². The first-order valence-corrected chi connectivity index (χ1v) is 6.72. The van der Waals surface area contributed by atoms with Crippen molar-refractivity contribution in [1.29, 1.82) is 0 Å². The zero-order chi connectivity index (χ0) is 16.7. The van der Waals surface area contributed by atoms with E-state index in [1.54, 1.807) is 0 Å². The molecule has 0 fully saturated rings. The fourth-order valence-electron chi connectivity index (χ4n) is 2.20. The van der Waals surface area contributed by atoms with Crippen LogP contribution in [0, 0.1) is 5.82 Å². The molecule has 0 bridgehead atoms. The van der Waals surface area contributed by atoms with Gasteiger partial charge in [-0.1, -0.05) is 17.7 Å².